The molecule has 2 aromatic carbocycles. The molecule has 196 valence electrons. The summed E-state index contributed by atoms with van der Waals surface area (Å²) in [5.41, 5.74) is 1.72. The molecule has 9 nitrogen and oxygen atoms in total. The summed E-state index contributed by atoms with van der Waals surface area (Å²) in [4.78, 5) is 19.9. The van der Waals surface area contributed by atoms with Gasteiger partial charge in [0.1, 0.15) is 5.75 Å². The van der Waals surface area contributed by atoms with Crippen molar-refractivity contribution in [2.75, 3.05) is 80.9 Å². The Bertz CT molecular complexity index is 999. The molecule has 0 aromatic heterocycles. The molecule has 0 saturated carbocycles. The average Bonchev–Trinajstić information content (AvgIpc) is 2.92. The molecular formula is C27H37N3O6. The summed E-state index contributed by atoms with van der Waals surface area (Å²) in [5, 5.41) is 0. The number of ether oxygens (including phenoxy) is 5. The summed E-state index contributed by atoms with van der Waals surface area (Å²) >= 11 is 0. The highest BCUT2D eigenvalue weighted by atomic mass is 16.5. The summed E-state index contributed by atoms with van der Waals surface area (Å²) in [5.74, 6) is 2.32. The van der Waals surface area contributed by atoms with Crippen LogP contribution < -0.4 is 18.9 Å². The van der Waals surface area contributed by atoms with E-state index in [0.29, 0.717) is 35.9 Å². The number of rotatable bonds is 9. The van der Waals surface area contributed by atoms with Gasteiger partial charge < -0.3 is 28.6 Å². The maximum absolute atomic E-state index is 13.2. The van der Waals surface area contributed by atoms with Crippen LogP contribution in [-0.2, 0) is 11.3 Å². The highest BCUT2D eigenvalue weighted by Crippen LogP contribution is 2.38. The number of hydrogen-bond acceptors (Lipinski definition) is 8. The fourth-order valence-corrected chi connectivity index (χ4v) is 4.92. The Balaban J connectivity index is 1.30. The van der Waals surface area contributed by atoms with Crippen molar-refractivity contribution in [1.82, 2.24) is 14.7 Å². The van der Waals surface area contributed by atoms with Crippen LogP contribution in [0.25, 0.3) is 0 Å². The second-order valence-corrected chi connectivity index (χ2v) is 9.05. The van der Waals surface area contributed by atoms with E-state index < -0.39 is 0 Å². The summed E-state index contributed by atoms with van der Waals surface area (Å²) in [6, 6.07) is 11.6. The minimum atomic E-state index is -0.0363. The number of amides is 1. The van der Waals surface area contributed by atoms with Crippen molar-refractivity contribution >= 4 is 5.91 Å². The molecule has 2 saturated heterocycles. The van der Waals surface area contributed by atoms with Crippen LogP contribution in [0.3, 0.4) is 0 Å². The van der Waals surface area contributed by atoms with Crippen LogP contribution in [0.2, 0.25) is 0 Å². The van der Waals surface area contributed by atoms with E-state index in [0.717, 1.165) is 51.6 Å². The highest BCUT2D eigenvalue weighted by molar-refractivity contribution is 5.95. The third-order valence-corrected chi connectivity index (χ3v) is 6.84. The lowest BCUT2D eigenvalue weighted by Gasteiger charge is -2.39. The second-order valence-electron chi connectivity index (χ2n) is 9.05. The smallest absolute Gasteiger partial charge is 0.254 e. The first-order chi connectivity index (χ1) is 17.6. The van der Waals surface area contributed by atoms with Gasteiger partial charge in [-0.15, -0.1) is 0 Å². The van der Waals surface area contributed by atoms with E-state index in [1.54, 1.807) is 40.6 Å². The van der Waals surface area contributed by atoms with Gasteiger partial charge in [0, 0.05) is 63.5 Å². The molecule has 36 heavy (non-hydrogen) atoms. The van der Waals surface area contributed by atoms with Crippen molar-refractivity contribution in [2.45, 2.75) is 12.6 Å². The Morgan fingerprint density at radius 2 is 1.53 bits per heavy atom. The lowest BCUT2D eigenvalue weighted by Crippen LogP contribution is -2.53. The van der Waals surface area contributed by atoms with E-state index in [4.69, 9.17) is 23.7 Å². The van der Waals surface area contributed by atoms with Gasteiger partial charge in [-0.1, -0.05) is 18.2 Å². The first-order valence-electron chi connectivity index (χ1n) is 12.3. The number of carbonyl (C=O) groups excluding carboxylic acids is 1. The molecule has 2 fully saturated rings. The quantitative estimate of drug-likeness (QED) is 0.521. The molecule has 9 heteroatoms. The van der Waals surface area contributed by atoms with Crippen molar-refractivity contribution in [3.8, 4) is 23.0 Å². The van der Waals surface area contributed by atoms with Crippen LogP contribution in [-0.4, -0.2) is 108 Å². The van der Waals surface area contributed by atoms with Gasteiger partial charge in [0.25, 0.3) is 5.91 Å². The summed E-state index contributed by atoms with van der Waals surface area (Å²) in [6.45, 7) is 7.15. The minimum Gasteiger partial charge on any atom is -0.496 e. The zero-order chi connectivity index (χ0) is 25.5. The molecule has 0 N–H and O–H groups in total. The van der Waals surface area contributed by atoms with Gasteiger partial charge in [0.15, 0.2) is 11.5 Å². The molecular weight excluding hydrogens is 462 g/mol. The fourth-order valence-electron chi connectivity index (χ4n) is 4.92. The van der Waals surface area contributed by atoms with Crippen molar-refractivity contribution in [3.05, 3.63) is 47.5 Å². The molecule has 2 heterocycles. The van der Waals surface area contributed by atoms with E-state index >= 15 is 0 Å². The minimum absolute atomic E-state index is 0.0363. The molecule has 0 bridgehead atoms. The van der Waals surface area contributed by atoms with Crippen LogP contribution in [0, 0.1) is 0 Å². The zero-order valence-electron chi connectivity index (χ0n) is 21.7. The van der Waals surface area contributed by atoms with Gasteiger partial charge in [0.2, 0.25) is 5.75 Å². The van der Waals surface area contributed by atoms with Crippen molar-refractivity contribution < 1.29 is 28.5 Å². The molecule has 1 amide bonds. The monoisotopic (exact) mass is 499 g/mol. The summed E-state index contributed by atoms with van der Waals surface area (Å²) < 4.78 is 27.8. The van der Waals surface area contributed by atoms with Crippen LogP contribution in [0.15, 0.2) is 36.4 Å². The molecule has 0 spiro atoms. The van der Waals surface area contributed by atoms with Gasteiger partial charge in [-0.2, -0.15) is 0 Å². The predicted octanol–water partition coefficient (Wildman–Crippen LogP) is 2.38. The lowest BCUT2D eigenvalue weighted by molar-refractivity contribution is -0.0498. The Hall–Kier alpha value is -3.01. The molecule has 2 aromatic rings. The SMILES string of the molecule is COc1ccccc1CN1CCOC(CN2CCN(C(=O)c3cc(OC)c(OC)c(OC)c3)CC2)C1. The van der Waals surface area contributed by atoms with E-state index in [1.807, 2.05) is 17.0 Å². The van der Waals surface area contributed by atoms with E-state index in [2.05, 4.69) is 21.9 Å². The molecule has 2 aliphatic rings. The maximum atomic E-state index is 13.2. The largest absolute Gasteiger partial charge is 0.496 e. The molecule has 0 radical (unpaired) electrons. The number of nitrogens with zero attached hydrogens (tertiary/aromatic N) is 3. The number of hydrogen-bond donors (Lipinski definition) is 0. The number of methoxy groups -OCH3 is 4. The topological polar surface area (TPSA) is 72.9 Å². The standard InChI is InChI=1S/C27H37N3O6/c1-32-23-8-6-5-7-20(23)17-29-13-14-36-22(19-29)18-28-9-11-30(12-10-28)27(31)21-15-24(33-2)26(35-4)25(16-21)34-3/h5-8,15-16,22H,9-14,17-19H2,1-4H3. The molecule has 2 aliphatic heterocycles. The van der Waals surface area contributed by atoms with Crippen LogP contribution in [0.1, 0.15) is 15.9 Å². The predicted molar refractivity (Wildman–Crippen MR) is 136 cm³/mol. The van der Waals surface area contributed by atoms with Crippen molar-refractivity contribution in [3.63, 3.8) is 0 Å². The number of carbonyl (C=O) groups is 1. The number of piperazine rings is 1. The zero-order valence-corrected chi connectivity index (χ0v) is 21.7. The normalized spacial score (nSPS) is 19.1. The first kappa shape index (κ1) is 26.1. The number of morpholine rings is 1. The second kappa shape index (κ2) is 12.3. The third-order valence-electron chi connectivity index (χ3n) is 6.84. The van der Waals surface area contributed by atoms with Crippen LogP contribution >= 0.6 is 0 Å². The molecule has 4 rings (SSSR count). The Kier molecular flexibility index (Phi) is 8.90. The van der Waals surface area contributed by atoms with E-state index in [-0.39, 0.29) is 12.0 Å². The number of para-hydroxylation sites is 1. The maximum Gasteiger partial charge on any atom is 0.254 e. The van der Waals surface area contributed by atoms with Crippen molar-refractivity contribution in [2.24, 2.45) is 0 Å². The third kappa shape index (κ3) is 6.03. The Morgan fingerprint density at radius 1 is 0.861 bits per heavy atom. The summed E-state index contributed by atoms with van der Waals surface area (Å²) in [7, 11) is 6.37. The highest BCUT2D eigenvalue weighted by Gasteiger charge is 2.28. The lowest BCUT2D eigenvalue weighted by atomic mass is 10.1. The van der Waals surface area contributed by atoms with E-state index in [1.165, 1.54) is 5.56 Å². The first-order valence-corrected chi connectivity index (χ1v) is 12.3. The van der Waals surface area contributed by atoms with Crippen molar-refractivity contribution in [1.29, 1.82) is 0 Å². The molecule has 0 aliphatic carbocycles. The van der Waals surface area contributed by atoms with Gasteiger partial charge in [-0.05, 0) is 18.2 Å². The Labute approximate surface area is 213 Å². The molecule has 1 atom stereocenters. The van der Waals surface area contributed by atoms with Gasteiger partial charge in [-0.25, -0.2) is 0 Å². The molecule has 1 unspecified atom stereocenters. The van der Waals surface area contributed by atoms with Crippen LogP contribution in [0.4, 0.5) is 0 Å². The Morgan fingerprint density at radius 3 is 2.17 bits per heavy atom. The van der Waals surface area contributed by atoms with Gasteiger partial charge >= 0.3 is 0 Å². The van der Waals surface area contributed by atoms with E-state index in [9.17, 15) is 4.79 Å². The number of benzene rings is 2. The summed E-state index contributed by atoms with van der Waals surface area (Å²) in [6.07, 6.45) is 0.144. The van der Waals surface area contributed by atoms with Crippen LogP contribution in [0.5, 0.6) is 23.0 Å². The van der Waals surface area contributed by atoms with Gasteiger partial charge in [-0.3, -0.25) is 14.6 Å². The fraction of sp³-hybridized carbons (Fsp3) is 0.519. The average molecular weight is 500 g/mol. The van der Waals surface area contributed by atoms with Gasteiger partial charge in [0.05, 0.1) is 41.2 Å².